The molecule has 0 amide bonds. The van der Waals surface area contributed by atoms with E-state index in [-0.39, 0.29) is 6.04 Å². The van der Waals surface area contributed by atoms with Crippen molar-refractivity contribution >= 4 is 6.21 Å². The third-order valence-corrected chi connectivity index (χ3v) is 2.26. The lowest BCUT2D eigenvalue weighted by Crippen LogP contribution is -2.23. The molecule has 1 aliphatic rings. The van der Waals surface area contributed by atoms with Crippen molar-refractivity contribution < 1.29 is 0 Å². The smallest absolute Gasteiger partial charge is 0.0641 e. The molecule has 0 aromatic carbocycles. The molecule has 0 aromatic heterocycles. The number of aliphatic imine (C=N–C) groups is 1. The largest absolute Gasteiger partial charge is 0.323 e. The van der Waals surface area contributed by atoms with E-state index in [1.807, 2.05) is 20.0 Å². The summed E-state index contributed by atoms with van der Waals surface area (Å²) in [5, 5.41) is 8.57. The fraction of sp³-hybridized carbons (Fsp3) is 0.455. The maximum Gasteiger partial charge on any atom is 0.0641 e. The van der Waals surface area contributed by atoms with Crippen molar-refractivity contribution in [3.8, 4) is 6.07 Å². The predicted octanol–water partition coefficient (Wildman–Crippen LogP) is 1.92. The highest BCUT2D eigenvalue weighted by molar-refractivity contribution is 5.82. The van der Waals surface area contributed by atoms with Gasteiger partial charge in [-0.05, 0) is 25.8 Å². The molecule has 3 nitrogen and oxygen atoms in total. The van der Waals surface area contributed by atoms with E-state index in [1.165, 1.54) is 11.1 Å². The summed E-state index contributed by atoms with van der Waals surface area (Å²) < 4.78 is 0. The summed E-state index contributed by atoms with van der Waals surface area (Å²) in [5.41, 5.74) is 9.30. The number of nitriles is 1. The SMILES string of the molecule is CC1=CN=CC(C(N)CC#N)=C(C)C1. The van der Waals surface area contributed by atoms with Crippen LogP contribution in [-0.2, 0) is 0 Å². The van der Waals surface area contributed by atoms with Gasteiger partial charge < -0.3 is 5.73 Å². The molecule has 74 valence electrons. The second-order valence-corrected chi connectivity index (χ2v) is 3.63. The van der Waals surface area contributed by atoms with Crippen molar-refractivity contribution in [2.75, 3.05) is 0 Å². The van der Waals surface area contributed by atoms with Gasteiger partial charge in [0.05, 0.1) is 12.5 Å². The summed E-state index contributed by atoms with van der Waals surface area (Å²) in [7, 11) is 0. The fourth-order valence-electron chi connectivity index (χ4n) is 1.54. The number of nitrogens with two attached hydrogens (primary N) is 1. The Morgan fingerprint density at radius 1 is 1.64 bits per heavy atom. The first-order chi connectivity index (χ1) is 6.65. The average Bonchev–Trinajstić information content (AvgIpc) is 2.27. The van der Waals surface area contributed by atoms with Gasteiger partial charge in [0, 0.05) is 18.5 Å². The first kappa shape index (κ1) is 10.7. The van der Waals surface area contributed by atoms with Gasteiger partial charge >= 0.3 is 0 Å². The molecule has 0 saturated carbocycles. The molecule has 0 aromatic rings. The zero-order chi connectivity index (χ0) is 10.6. The maximum atomic E-state index is 8.57. The van der Waals surface area contributed by atoms with E-state index in [0.717, 1.165) is 12.0 Å². The van der Waals surface area contributed by atoms with Gasteiger partial charge in [-0.3, -0.25) is 4.99 Å². The molecular weight excluding hydrogens is 174 g/mol. The summed E-state index contributed by atoms with van der Waals surface area (Å²) in [5.74, 6) is 0. The molecule has 0 aliphatic carbocycles. The highest BCUT2D eigenvalue weighted by Gasteiger charge is 2.12. The highest BCUT2D eigenvalue weighted by atomic mass is 14.7. The third-order valence-electron chi connectivity index (χ3n) is 2.26. The molecule has 0 radical (unpaired) electrons. The molecule has 0 saturated heterocycles. The van der Waals surface area contributed by atoms with Gasteiger partial charge in [-0.15, -0.1) is 0 Å². The summed E-state index contributed by atoms with van der Waals surface area (Å²) >= 11 is 0. The zero-order valence-electron chi connectivity index (χ0n) is 8.62. The van der Waals surface area contributed by atoms with Crippen molar-refractivity contribution in [2.45, 2.75) is 32.7 Å². The Kier molecular flexibility index (Phi) is 3.61. The van der Waals surface area contributed by atoms with Gasteiger partial charge in [-0.25, -0.2) is 0 Å². The number of hydrogen-bond donors (Lipinski definition) is 1. The Labute approximate surface area is 84.6 Å². The van der Waals surface area contributed by atoms with Crippen LogP contribution in [0.1, 0.15) is 26.7 Å². The lowest BCUT2D eigenvalue weighted by Gasteiger charge is -2.11. The molecule has 0 spiro atoms. The quantitative estimate of drug-likeness (QED) is 0.721. The van der Waals surface area contributed by atoms with Crippen molar-refractivity contribution in [3.63, 3.8) is 0 Å². The Morgan fingerprint density at radius 2 is 2.36 bits per heavy atom. The number of nitrogens with zero attached hydrogens (tertiary/aromatic N) is 2. The minimum absolute atomic E-state index is 0.206. The van der Waals surface area contributed by atoms with Crippen LogP contribution in [0.4, 0.5) is 0 Å². The lowest BCUT2D eigenvalue weighted by molar-refractivity contribution is 0.808. The van der Waals surface area contributed by atoms with E-state index in [4.69, 9.17) is 11.0 Å². The van der Waals surface area contributed by atoms with Crippen LogP contribution in [0, 0.1) is 11.3 Å². The van der Waals surface area contributed by atoms with Gasteiger partial charge in [-0.2, -0.15) is 5.26 Å². The fourth-order valence-corrected chi connectivity index (χ4v) is 1.54. The van der Waals surface area contributed by atoms with Crippen LogP contribution in [0.5, 0.6) is 0 Å². The third kappa shape index (κ3) is 2.54. The first-order valence-corrected chi connectivity index (χ1v) is 4.66. The second-order valence-electron chi connectivity index (χ2n) is 3.63. The van der Waals surface area contributed by atoms with E-state index in [0.29, 0.717) is 6.42 Å². The normalized spacial score (nSPS) is 18.6. The van der Waals surface area contributed by atoms with Crippen molar-refractivity contribution in [1.29, 1.82) is 5.26 Å². The van der Waals surface area contributed by atoms with E-state index < -0.39 is 0 Å². The van der Waals surface area contributed by atoms with Crippen LogP contribution >= 0.6 is 0 Å². The molecule has 1 atom stereocenters. The van der Waals surface area contributed by atoms with Gasteiger partial charge in [0.25, 0.3) is 0 Å². The molecule has 0 bridgehead atoms. The molecule has 3 heteroatoms. The Balaban J connectivity index is 2.88. The molecule has 1 aliphatic heterocycles. The Hall–Kier alpha value is -1.40. The summed E-state index contributed by atoms with van der Waals surface area (Å²) in [6.45, 7) is 4.08. The zero-order valence-corrected chi connectivity index (χ0v) is 8.62. The summed E-state index contributed by atoms with van der Waals surface area (Å²) in [4.78, 5) is 4.15. The highest BCUT2D eigenvalue weighted by Crippen LogP contribution is 2.19. The van der Waals surface area contributed by atoms with Gasteiger partial charge in [0.1, 0.15) is 0 Å². The second kappa shape index (κ2) is 4.73. The molecule has 14 heavy (non-hydrogen) atoms. The standard InChI is InChI=1S/C11H15N3/c1-8-5-9(2)10(7-14-6-8)11(13)3-4-12/h6-7,11H,3,5,13H2,1-2H3. The minimum atomic E-state index is -0.206. The predicted molar refractivity (Wildman–Crippen MR) is 57.8 cm³/mol. The topological polar surface area (TPSA) is 62.2 Å². The summed E-state index contributed by atoms with van der Waals surface area (Å²) in [6, 6.07) is 1.87. The molecule has 2 N–H and O–H groups in total. The van der Waals surface area contributed by atoms with Crippen molar-refractivity contribution in [2.24, 2.45) is 10.7 Å². The van der Waals surface area contributed by atoms with Gasteiger partial charge in [0.2, 0.25) is 0 Å². The van der Waals surface area contributed by atoms with Crippen molar-refractivity contribution in [1.82, 2.24) is 0 Å². The monoisotopic (exact) mass is 189 g/mol. The van der Waals surface area contributed by atoms with Crippen LogP contribution < -0.4 is 5.73 Å². The number of rotatable bonds is 2. The molecule has 1 rings (SSSR count). The average molecular weight is 189 g/mol. The Morgan fingerprint density at radius 3 is 3.00 bits per heavy atom. The molecule has 1 unspecified atom stereocenters. The van der Waals surface area contributed by atoms with E-state index in [9.17, 15) is 0 Å². The van der Waals surface area contributed by atoms with Crippen LogP contribution in [0.2, 0.25) is 0 Å². The van der Waals surface area contributed by atoms with Crippen LogP contribution in [0.25, 0.3) is 0 Å². The van der Waals surface area contributed by atoms with E-state index in [2.05, 4.69) is 11.1 Å². The molecular formula is C11H15N3. The van der Waals surface area contributed by atoms with Crippen LogP contribution in [-0.4, -0.2) is 12.3 Å². The van der Waals surface area contributed by atoms with Crippen LogP contribution in [0.15, 0.2) is 27.9 Å². The van der Waals surface area contributed by atoms with E-state index >= 15 is 0 Å². The number of hydrogen-bond acceptors (Lipinski definition) is 3. The number of allylic oxidation sites excluding steroid dienone is 2. The minimum Gasteiger partial charge on any atom is -0.323 e. The Bertz CT molecular complexity index is 342. The maximum absolute atomic E-state index is 8.57. The van der Waals surface area contributed by atoms with Gasteiger partial charge in [0.15, 0.2) is 0 Å². The lowest BCUT2D eigenvalue weighted by atomic mass is 9.97. The van der Waals surface area contributed by atoms with Crippen molar-refractivity contribution in [3.05, 3.63) is 22.9 Å². The van der Waals surface area contributed by atoms with Gasteiger partial charge in [-0.1, -0.05) is 11.1 Å². The molecule has 1 heterocycles. The van der Waals surface area contributed by atoms with E-state index in [1.54, 1.807) is 6.21 Å². The molecule has 0 fully saturated rings. The summed E-state index contributed by atoms with van der Waals surface area (Å²) in [6.07, 6.45) is 4.86. The van der Waals surface area contributed by atoms with Crippen LogP contribution in [0.3, 0.4) is 0 Å². The first-order valence-electron chi connectivity index (χ1n) is 4.66.